The number of benzene rings is 1. The van der Waals surface area contributed by atoms with Crippen LogP contribution < -0.4 is 10.5 Å². The van der Waals surface area contributed by atoms with Crippen molar-refractivity contribution in [2.45, 2.75) is 25.5 Å². The van der Waals surface area contributed by atoms with Crippen molar-refractivity contribution in [2.75, 3.05) is 11.9 Å². The monoisotopic (exact) mass is 456 g/mol. The first kappa shape index (κ1) is 22.8. The van der Waals surface area contributed by atoms with E-state index in [1.165, 1.54) is 0 Å². The molecule has 0 radical (unpaired) electrons. The first-order chi connectivity index (χ1) is 15.1. The molecule has 0 spiro atoms. The molecule has 0 saturated heterocycles. The van der Waals surface area contributed by atoms with Gasteiger partial charge in [-0.25, -0.2) is 18.4 Å². The molecule has 0 atom stereocenters. The SMILES string of the molecule is Cc1c(C#N)c(NC(=O)COC(=O)c2ccc(S(N)(=O)=O)o2)n(Cc2ccccc2)c1C. The van der Waals surface area contributed by atoms with Gasteiger partial charge in [0.1, 0.15) is 11.9 Å². The van der Waals surface area contributed by atoms with E-state index in [1.54, 1.807) is 11.5 Å². The molecule has 0 aliphatic rings. The van der Waals surface area contributed by atoms with Gasteiger partial charge in [0.15, 0.2) is 6.61 Å². The van der Waals surface area contributed by atoms with E-state index in [-0.39, 0.29) is 0 Å². The summed E-state index contributed by atoms with van der Waals surface area (Å²) in [6, 6.07) is 13.7. The predicted octanol–water partition coefficient (Wildman–Crippen LogP) is 2.06. The minimum Gasteiger partial charge on any atom is -0.450 e. The molecule has 2 aromatic heterocycles. The average molecular weight is 456 g/mol. The highest BCUT2D eigenvalue weighted by atomic mass is 32.2. The lowest BCUT2D eigenvalue weighted by molar-refractivity contribution is -0.119. The van der Waals surface area contributed by atoms with Crippen LogP contribution in [-0.4, -0.2) is 31.5 Å². The van der Waals surface area contributed by atoms with Crippen LogP contribution in [0.25, 0.3) is 0 Å². The number of carbonyl (C=O) groups excluding carboxylic acids is 2. The maximum atomic E-state index is 12.4. The summed E-state index contributed by atoms with van der Waals surface area (Å²) in [5.41, 5.74) is 2.81. The molecule has 1 amide bonds. The minimum atomic E-state index is -4.11. The fourth-order valence-electron chi connectivity index (χ4n) is 3.05. The van der Waals surface area contributed by atoms with Gasteiger partial charge in [-0.15, -0.1) is 0 Å². The number of nitrogens with one attached hydrogen (secondary N) is 1. The van der Waals surface area contributed by atoms with Crippen molar-refractivity contribution < 1.29 is 27.2 Å². The van der Waals surface area contributed by atoms with Gasteiger partial charge in [-0.3, -0.25) is 4.79 Å². The van der Waals surface area contributed by atoms with Gasteiger partial charge >= 0.3 is 5.97 Å². The third-order valence-corrected chi connectivity index (χ3v) is 5.56. The fourth-order valence-corrected chi connectivity index (χ4v) is 3.51. The number of esters is 1. The van der Waals surface area contributed by atoms with Gasteiger partial charge in [-0.05, 0) is 37.1 Å². The van der Waals surface area contributed by atoms with Crippen molar-refractivity contribution in [3.8, 4) is 6.07 Å². The Kier molecular flexibility index (Phi) is 6.47. The van der Waals surface area contributed by atoms with Crippen molar-refractivity contribution in [1.29, 1.82) is 5.26 Å². The number of nitrogens with two attached hydrogens (primary N) is 1. The third-order valence-electron chi connectivity index (χ3n) is 4.78. The zero-order valence-electron chi connectivity index (χ0n) is 17.3. The summed E-state index contributed by atoms with van der Waals surface area (Å²) in [5, 5.41) is 16.5. The minimum absolute atomic E-state index is 0.293. The molecule has 0 fully saturated rings. The first-order valence-corrected chi connectivity index (χ1v) is 10.9. The number of furan rings is 1. The Labute approximate surface area is 184 Å². The highest BCUT2D eigenvalue weighted by Crippen LogP contribution is 2.27. The van der Waals surface area contributed by atoms with Gasteiger partial charge in [-0.1, -0.05) is 30.3 Å². The van der Waals surface area contributed by atoms with Gasteiger partial charge in [0, 0.05) is 12.2 Å². The maximum Gasteiger partial charge on any atom is 0.374 e. The number of amides is 1. The molecule has 3 N–H and O–H groups in total. The number of aromatic nitrogens is 1. The van der Waals surface area contributed by atoms with E-state index in [0.29, 0.717) is 17.9 Å². The second kappa shape index (κ2) is 9.09. The van der Waals surface area contributed by atoms with Crippen molar-refractivity contribution in [1.82, 2.24) is 4.57 Å². The van der Waals surface area contributed by atoms with Gasteiger partial charge < -0.3 is 19.0 Å². The molecule has 166 valence electrons. The van der Waals surface area contributed by atoms with Crippen LogP contribution in [0.5, 0.6) is 0 Å². The van der Waals surface area contributed by atoms with E-state index in [9.17, 15) is 23.3 Å². The largest absolute Gasteiger partial charge is 0.450 e. The Hall–Kier alpha value is -3.88. The molecular formula is C21H20N4O6S. The second-order valence-electron chi connectivity index (χ2n) is 6.91. The molecule has 0 aliphatic carbocycles. The highest BCUT2D eigenvalue weighted by Gasteiger charge is 2.22. The summed E-state index contributed by atoms with van der Waals surface area (Å²) in [4.78, 5) is 24.5. The van der Waals surface area contributed by atoms with Crippen LogP contribution in [0.1, 0.15) is 32.9 Å². The Morgan fingerprint density at radius 3 is 2.47 bits per heavy atom. The van der Waals surface area contributed by atoms with E-state index in [0.717, 1.165) is 29.0 Å². The number of hydrogen-bond acceptors (Lipinski definition) is 7. The first-order valence-electron chi connectivity index (χ1n) is 9.35. The number of rotatable bonds is 7. The molecule has 32 heavy (non-hydrogen) atoms. The van der Waals surface area contributed by atoms with Crippen LogP contribution in [0.4, 0.5) is 5.82 Å². The Morgan fingerprint density at radius 2 is 1.88 bits per heavy atom. The number of primary sulfonamides is 1. The van der Waals surface area contributed by atoms with E-state index in [2.05, 4.69) is 11.4 Å². The summed E-state index contributed by atoms with van der Waals surface area (Å²) in [6.07, 6.45) is 0. The Balaban J connectivity index is 1.74. The summed E-state index contributed by atoms with van der Waals surface area (Å²) < 4.78 is 34.0. The molecule has 11 heteroatoms. The number of nitriles is 1. The average Bonchev–Trinajstić information content (AvgIpc) is 3.33. The summed E-state index contributed by atoms with van der Waals surface area (Å²) in [5.74, 6) is -1.84. The number of carbonyl (C=O) groups is 2. The van der Waals surface area contributed by atoms with Crippen molar-refractivity contribution in [3.63, 3.8) is 0 Å². The van der Waals surface area contributed by atoms with Crippen LogP contribution >= 0.6 is 0 Å². The predicted molar refractivity (Wildman–Crippen MR) is 113 cm³/mol. The van der Waals surface area contributed by atoms with Crippen LogP contribution in [0, 0.1) is 25.2 Å². The normalized spacial score (nSPS) is 11.1. The highest BCUT2D eigenvalue weighted by molar-refractivity contribution is 7.89. The van der Waals surface area contributed by atoms with Gasteiger partial charge in [-0.2, -0.15) is 5.26 Å². The van der Waals surface area contributed by atoms with Crippen LogP contribution in [0.15, 0.2) is 52.0 Å². The van der Waals surface area contributed by atoms with E-state index >= 15 is 0 Å². The van der Waals surface area contributed by atoms with Crippen LogP contribution in [0.3, 0.4) is 0 Å². The number of hydrogen-bond donors (Lipinski definition) is 2. The van der Waals surface area contributed by atoms with Gasteiger partial charge in [0.25, 0.3) is 15.9 Å². The molecule has 0 bridgehead atoms. The molecule has 3 rings (SSSR count). The standard InChI is InChI=1S/C21H20N4O6S/c1-13-14(2)25(11-15-6-4-3-5-7-15)20(16(13)10-22)24-18(26)12-30-21(27)17-8-9-19(31-17)32(23,28)29/h3-9H,11-12H2,1-2H3,(H,24,26)(H2,23,28,29). The second-order valence-corrected chi connectivity index (χ2v) is 8.40. The van der Waals surface area contributed by atoms with Crippen molar-refractivity contribution >= 4 is 27.7 Å². The Bertz CT molecular complexity index is 1320. The number of ether oxygens (including phenoxy) is 1. The molecule has 0 aliphatic heterocycles. The van der Waals surface area contributed by atoms with E-state index < -0.39 is 39.4 Å². The molecule has 1 aromatic carbocycles. The maximum absolute atomic E-state index is 12.4. The van der Waals surface area contributed by atoms with Crippen LogP contribution in [0.2, 0.25) is 0 Å². The zero-order valence-corrected chi connectivity index (χ0v) is 18.1. The smallest absolute Gasteiger partial charge is 0.374 e. The number of nitrogens with zero attached hydrogens (tertiary/aromatic N) is 2. The number of anilines is 1. The third kappa shape index (κ3) is 4.88. The molecular weight excluding hydrogens is 436 g/mol. The molecule has 10 nitrogen and oxygen atoms in total. The summed E-state index contributed by atoms with van der Waals surface area (Å²) >= 11 is 0. The van der Waals surface area contributed by atoms with Gasteiger partial charge in [0.05, 0.1) is 5.56 Å². The zero-order chi connectivity index (χ0) is 23.5. The van der Waals surface area contributed by atoms with Crippen molar-refractivity contribution in [3.05, 3.63) is 70.6 Å². The topological polar surface area (TPSA) is 157 Å². The molecule has 2 heterocycles. The van der Waals surface area contributed by atoms with Crippen molar-refractivity contribution in [2.24, 2.45) is 5.14 Å². The summed E-state index contributed by atoms with van der Waals surface area (Å²) in [7, 11) is -4.11. The Morgan fingerprint density at radius 1 is 1.19 bits per heavy atom. The lowest BCUT2D eigenvalue weighted by Crippen LogP contribution is -2.23. The molecule has 0 saturated carbocycles. The van der Waals surface area contributed by atoms with Gasteiger partial charge in [0.2, 0.25) is 10.9 Å². The van der Waals surface area contributed by atoms with Crippen LogP contribution in [-0.2, 0) is 26.1 Å². The lowest BCUT2D eigenvalue weighted by Gasteiger charge is -2.13. The van der Waals surface area contributed by atoms with E-state index in [1.807, 2.05) is 37.3 Å². The molecule has 3 aromatic rings. The molecule has 0 unspecified atom stereocenters. The van der Waals surface area contributed by atoms with E-state index in [4.69, 9.17) is 14.3 Å². The number of sulfonamides is 1. The quantitative estimate of drug-likeness (QED) is 0.515. The lowest BCUT2D eigenvalue weighted by atomic mass is 10.2. The fraction of sp³-hybridized carbons (Fsp3) is 0.190. The summed E-state index contributed by atoms with van der Waals surface area (Å²) in [6.45, 7) is 3.37.